The van der Waals surface area contributed by atoms with Crippen LogP contribution in [-0.2, 0) is 0 Å². The second kappa shape index (κ2) is 4.65. The molecule has 0 radical (unpaired) electrons. The first-order chi connectivity index (χ1) is 9.59. The summed E-state index contributed by atoms with van der Waals surface area (Å²) in [5.74, 6) is -0.719. The van der Waals surface area contributed by atoms with Crippen LogP contribution in [0.1, 0.15) is 9.68 Å². The molecule has 1 heterocycles. The number of hydrogen-bond donors (Lipinski definition) is 0. The highest BCUT2D eigenvalue weighted by Crippen LogP contribution is 2.19. The summed E-state index contributed by atoms with van der Waals surface area (Å²) in [5.41, 5.74) is 0.973. The van der Waals surface area contributed by atoms with E-state index in [0.717, 1.165) is 0 Å². The van der Waals surface area contributed by atoms with Crippen molar-refractivity contribution in [2.45, 2.75) is 26.5 Å². The Bertz CT molecular complexity index is 645. The summed E-state index contributed by atoms with van der Waals surface area (Å²) in [6.07, 6.45) is 1.83. The Morgan fingerprint density at radius 3 is 2.44 bits per heavy atom. The molecule has 18 heavy (non-hydrogen) atoms. The van der Waals surface area contributed by atoms with Crippen molar-refractivity contribution in [3.63, 3.8) is 0 Å². The predicted octanol–water partition coefficient (Wildman–Crippen LogP) is 3.74. The van der Waals surface area contributed by atoms with E-state index in [-0.39, 0.29) is 5.56 Å². The van der Waals surface area contributed by atoms with Crippen molar-refractivity contribution in [2.24, 2.45) is 0 Å². The molecule has 0 bridgehead atoms. The Labute approximate surface area is 113 Å². The molecule has 1 nitrogen and oxygen atoms in total. The first-order valence-electron chi connectivity index (χ1n) is 7.36. The van der Waals surface area contributed by atoms with E-state index < -0.39 is 20.7 Å². The zero-order valence-corrected chi connectivity index (χ0v) is 11.8. The van der Waals surface area contributed by atoms with Gasteiger partial charge in [-0.15, -0.1) is 0 Å². The van der Waals surface area contributed by atoms with Crippen LogP contribution in [0.15, 0.2) is 36.5 Å². The molecular formula is C15H18FNSi. The summed E-state index contributed by atoms with van der Waals surface area (Å²) >= 11 is 0. The average molecular weight is 262 g/mol. The molecule has 0 aliphatic rings. The van der Waals surface area contributed by atoms with Crippen LogP contribution in [0.4, 0.5) is 4.39 Å². The number of aromatic nitrogens is 1. The van der Waals surface area contributed by atoms with Crippen molar-refractivity contribution < 1.29 is 8.50 Å². The number of pyridine rings is 1. The molecule has 2 aromatic rings. The number of nitrogens with zero attached hydrogens (tertiary/aromatic N) is 1. The highest BCUT2D eigenvalue weighted by Gasteiger charge is 2.16. The van der Waals surface area contributed by atoms with Crippen molar-refractivity contribution in [3.05, 3.63) is 47.9 Å². The summed E-state index contributed by atoms with van der Waals surface area (Å²) in [5, 5.41) is 1.23. The molecule has 3 heteroatoms. The summed E-state index contributed by atoms with van der Waals surface area (Å²) in [6.45, 7) is 4.26. The maximum absolute atomic E-state index is 13.9. The highest BCUT2D eigenvalue weighted by atomic mass is 28.3. The average Bonchev–Trinajstić information content (AvgIpc) is 2.36. The van der Waals surface area contributed by atoms with Gasteiger partial charge in [-0.05, 0) is 29.7 Å². The molecule has 0 saturated heterocycles. The number of benzene rings is 1. The quantitative estimate of drug-likeness (QED) is 0.751. The fourth-order valence-electron chi connectivity index (χ4n) is 1.68. The fourth-order valence-corrected chi connectivity index (χ4v) is 2.72. The molecule has 0 saturated carbocycles. The van der Waals surface area contributed by atoms with Gasteiger partial charge in [0, 0.05) is 15.9 Å². The minimum absolute atomic E-state index is 0.259. The van der Waals surface area contributed by atoms with Gasteiger partial charge in [0.1, 0.15) is 5.82 Å². The van der Waals surface area contributed by atoms with Crippen LogP contribution in [0.3, 0.4) is 0 Å². The Hall–Kier alpha value is -1.48. The minimum atomic E-state index is -2.43. The topological polar surface area (TPSA) is 12.9 Å². The molecule has 0 fully saturated rings. The van der Waals surface area contributed by atoms with Crippen LogP contribution >= 0.6 is 0 Å². The zero-order chi connectivity index (χ0) is 15.8. The summed E-state index contributed by atoms with van der Waals surface area (Å²) in [6, 6.07) is 8.02. The van der Waals surface area contributed by atoms with E-state index in [0.29, 0.717) is 11.3 Å². The minimum Gasteiger partial charge on any atom is -0.256 e. The van der Waals surface area contributed by atoms with E-state index in [1.165, 1.54) is 17.3 Å². The van der Waals surface area contributed by atoms with Crippen LogP contribution in [0.5, 0.6) is 0 Å². The predicted molar refractivity (Wildman–Crippen MR) is 77.3 cm³/mol. The SMILES string of the molecule is [2H]C([2H])([2H])c1ccc(-c2ccc([Si](C)(C)C)cn2)cc1F. The van der Waals surface area contributed by atoms with Gasteiger partial charge in [0.05, 0.1) is 13.8 Å². The maximum atomic E-state index is 13.9. The van der Waals surface area contributed by atoms with Crippen molar-refractivity contribution >= 4 is 13.3 Å². The third kappa shape index (κ3) is 2.67. The van der Waals surface area contributed by atoms with Gasteiger partial charge in [-0.2, -0.15) is 0 Å². The van der Waals surface area contributed by atoms with Gasteiger partial charge in [0.15, 0.2) is 0 Å². The lowest BCUT2D eigenvalue weighted by atomic mass is 10.1. The Morgan fingerprint density at radius 1 is 1.17 bits per heavy atom. The first-order valence-corrected chi connectivity index (χ1v) is 9.36. The lowest BCUT2D eigenvalue weighted by Crippen LogP contribution is -2.37. The Kier molecular flexibility index (Phi) is 2.44. The van der Waals surface area contributed by atoms with Gasteiger partial charge in [-0.3, -0.25) is 4.98 Å². The number of halogens is 1. The van der Waals surface area contributed by atoms with E-state index in [9.17, 15) is 4.39 Å². The number of rotatable bonds is 2. The molecule has 0 aliphatic heterocycles. The molecule has 2 rings (SSSR count). The second-order valence-corrected chi connectivity index (χ2v) is 10.5. The van der Waals surface area contributed by atoms with Gasteiger partial charge in [-0.1, -0.05) is 37.8 Å². The van der Waals surface area contributed by atoms with Crippen molar-refractivity contribution in [1.29, 1.82) is 0 Å². The molecule has 0 unspecified atom stereocenters. The molecule has 1 aromatic carbocycles. The molecule has 94 valence electrons. The largest absolute Gasteiger partial charge is 0.256 e. The number of aryl methyl sites for hydroxylation is 1. The van der Waals surface area contributed by atoms with E-state index in [1.807, 2.05) is 18.3 Å². The van der Waals surface area contributed by atoms with Crippen molar-refractivity contribution in [1.82, 2.24) is 4.98 Å². The van der Waals surface area contributed by atoms with Crippen LogP contribution in [0, 0.1) is 12.7 Å². The highest BCUT2D eigenvalue weighted by molar-refractivity contribution is 6.88. The first kappa shape index (κ1) is 9.45. The third-order valence-corrected chi connectivity index (χ3v) is 4.92. The van der Waals surface area contributed by atoms with E-state index in [2.05, 4.69) is 24.6 Å². The molecule has 0 aliphatic carbocycles. The van der Waals surface area contributed by atoms with E-state index in [4.69, 9.17) is 4.11 Å². The fraction of sp³-hybridized carbons (Fsp3) is 0.267. The summed E-state index contributed by atoms with van der Waals surface area (Å²) < 4.78 is 35.7. The molecule has 1 aromatic heterocycles. The standard InChI is InChI=1S/C15H18FNSi/c1-11-5-6-12(9-14(11)16)15-8-7-13(10-17-15)18(2,3)4/h5-10H,1-4H3/i1D3. The third-order valence-electron chi connectivity index (χ3n) is 2.89. The zero-order valence-electron chi connectivity index (χ0n) is 13.8. The van der Waals surface area contributed by atoms with Gasteiger partial charge < -0.3 is 0 Å². The Morgan fingerprint density at radius 2 is 1.94 bits per heavy atom. The van der Waals surface area contributed by atoms with Crippen molar-refractivity contribution in [3.8, 4) is 11.3 Å². The normalized spacial score (nSPS) is 14.8. The molecular weight excluding hydrogens is 241 g/mol. The number of hydrogen-bond acceptors (Lipinski definition) is 1. The Balaban J connectivity index is 2.37. The van der Waals surface area contributed by atoms with Gasteiger partial charge in [0.2, 0.25) is 0 Å². The van der Waals surface area contributed by atoms with Crippen molar-refractivity contribution in [2.75, 3.05) is 0 Å². The molecule has 0 amide bonds. The lowest BCUT2D eigenvalue weighted by molar-refractivity contribution is 0.619. The van der Waals surface area contributed by atoms with E-state index in [1.54, 1.807) is 6.07 Å². The van der Waals surface area contributed by atoms with Crippen LogP contribution in [0.2, 0.25) is 19.6 Å². The molecule has 0 atom stereocenters. The van der Waals surface area contributed by atoms with Gasteiger partial charge in [-0.25, -0.2) is 4.39 Å². The van der Waals surface area contributed by atoms with Crippen LogP contribution < -0.4 is 5.19 Å². The van der Waals surface area contributed by atoms with E-state index >= 15 is 0 Å². The summed E-state index contributed by atoms with van der Waals surface area (Å²) in [7, 11) is -1.41. The van der Waals surface area contributed by atoms with Gasteiger partial charge in [0.25, 0.3) is 0 Å². The van der Waals surface area contributed by atoms with Gasteiger partial charge >= 0.3 is 0 Å². The lowest BCUT2D eigenvalue weighted by Gasteiger charge is -2.16. The maximum Gasteiger partial charge on any atom is 0.126 e. The van der Waals surface area contributed by atoms with Crippen LogP contribution in [0.25, 0.3) is 11.3 Å². The smallest absolute Gasteiger partial charge is 0.126 e. The van der Waals surface area contributed by atoms with Crippen LogP contribution in [-0.4, -0.2) is 13.1 Å². The molecule has 0 N–H and O–H groups in total. The summed E-state index contributed by atoms with van der Waals surface area (Å²) in [4.78, 5) is 4.38. The second-order valence-electron chi connectivity index (χ2n) is 5.38. The molecule has 0 spiro atoms. The monoisotopic (exact) mass is 262 g/mol.